The molecule has 0 unspecified atom stereocenters. The van der Waals surface area contributed by atoms with Crippen molar-refractivity contribution < 1.29 is 9.32 Å². The Morgan fingerprint density at radius 1 is 1.35 bits per heavy atom. The van der Waals surface area contributed by atoms with Gasteiger partial charge in [0.1, 0.15) is 0 Å². The third-order valence-corrected chi connectivity index (χ3v) is 5.63. The molecule has 0 saturated carbocycles. The van der Waals surface area contributed by atoms with Crippen LogP contribution in [0.1, 0.15) is 29.1 Å². The lowest BCUT2D eigenvalue weighted by atomic mass is 9.94. The predicted molar refractivity (Wildman–Crippen MR) is 101 cm³/mol. The highest BCUT2D eigenvalue weighted by molar-refractivity contribution is 7.08. The van der Waals surface area contributed by atoms with Crippen LogP contribution in [-0.4, -0.2) is 34.0 Å². The van der Waals surface area contributed by atoms with Crippen LogP contribution in [0.25, 0.3) is 11.4 Å². The Labute approximate surface area is 160 Å². The van der Waals surface area contributed by atoms with E-state index in [2.05, 4.69) is 10.1 Å². The molecule has 1 fully saturated rings. The molecule has 7 heteroatoms. The molecule has 0 aliphatic carbocycles. The van der Waals surface area contributed by atoms with E-state index in [0.717, 1.165) is 24.9 Å². The van der Waals surface area contributed by atoms with Crippen molar-refractivity contribution in [2.75, 3.05) is 13.1 Å². The summed E-state index contributed by atoms with van der Waals surface area (Å²) in [5.74, 6) is 1.56. The second kappa shape index (κ2) is 7.60. The molecular formula is C19H18ClN3O2S. The maximum Gasteiger partial charge on any atom is 0.255 e. The van der Waals surface area contributed by atoms with E-state index in [4.69, 9.17) is 16.1 Å². The third-order valence-electron chi connectivity index (χ3n) is 4.62. The molecule has 134 valence electrons. The van der Waals surface area contributed by atoms with Crippen molar-refractivity contribution in [1.82, 2.24) is 15.0 Å². The van der Waals surface area contributed by atoms with Gasteiger partial charge in [-0.2, -0.15) is 16.3 Å². The van der Waals surface area contributed by atoms with E-state index in [1.165, 1.54) is 0 Å². The summed E-state index contributed by atoms with van der Waals surface area (Å²) in [6.07, 6.45) is 2.69. The Balaban J connectivity index is 1.42. The van der Waals surface area contributed by atoms with Gasteiger partial charge in [-0.1, -0.05) is 28.9 Å². The lowest BCUT2D eigenvalue weighted by Crippen LogP contribution is -2.40. The molecule has 2 aromatic heterocycles. The van der Waals surface area contributed by atoms with Gasteiger partial charge in [-0.3, -0.25) is 4.79 Å². The Morgan fingerprint density at radius 3 is 3.04 bits per heavy atom. The number of carbonyl (C=O) groups is 1. The number of piperidine rings is 1. The molecule has 0 radical (unpaired) electrons. The normalized spacial score (nSPS) is 17.4. The van der Waals surface area contributed by atoms with Gasteiger partial charge in [-0.15, -0.1) is 0 Å². The Hall–Kier alpha value is -2.18. The Kier molecular flexibility index (Phi) is 5.04. The van der Waals surface area contributed by atoms with Crippen LogP contribution in [0.3, 0.4) is 0 Å². The van der Waals surface area contributed by atoms with Crippen molar-refractivity contribution in [3.63, 3.8) is 0 Å². The molecule has 26 heavy (non-hydrogen) atoms. The number of hydrogen-bond donors (Lipinski definition) is 0. The summed E-state index contributed by atoms with van der Waals surface area (Å²) < 4.78 is 5.41. The first kappa shape index (κ1) is 17.2. The number of rotatable bonds is 4. The van der Waals surface area contributed by atoms with Crippen LogP contribution >= 0.6 is 22.9 Å². The highest BCUT2D eigenvalue weighted by atomic mass is 35.5. The minimum Gasteiger partial charge on any atom is -0.339 e. The number of likely N-dealkylation sites (tertiary alicyclic amines) is 1. The van der Waals surface area contributed by atoms with Crippen molar-refractivity contribution in [3.05, 3.63) is 57.6 Å². The van der Waals surface area contributed by atoms with Gasteiger partial charge in [0.2, 0.25) is 11.7 Å². The van der Waals surface area contributed by atoms with Crippen molar-refractivity contribution in [2.24, 2.45) is 5.92 Å². The number of halogens is 1. The van der Waals surface area contributed by atoms with Gasteiger partial charge < -0.3 is 9.42 Å². The lowest BCUT2D eigenvalue weighted by molar-refractivity contribution is 0.0668. The molecule has 3 heterocycles. The minimum absolute atomic E-state index is 0.00945. The first-order chi connectivity index (χ1) is 12.7. The second-order valence-electron chi connectivity index (χ2n) is 6.47. The molecule has 1 aliphatic heterocycles. The van der Waals surface area contributed by atoms with Crippen LogP contribution in [0.15, 0.2) is 45.6 Å². The summed E-state index contributed by atoms with van der Waals surface area (Å²) >= 11 is 7.78. The van der Waals surface area contributed by atoms with Crippen LogP contribution < -0.4 is 0 Å². The number of benzene rings is 1. The molecular weight excluding hydrogens is 370 g/mol. The van der Waals surface area contributed by atoms with Crippen molar-refractivity contribution in [2.45, 2.75) is 19.3 Å². The SMILES string of the molecule is O=C(c1ccccc1Cl)N1CCC[C@@H](Cc2nc(-c3ccsc3)no2)C1. The summed E-state index contributed by atoms with van der Waals surface area (Å²) in [7, 11) is 0. The van der Waals surface area contributed by atoms with E-state index in [-0.39, 0.29) is 5.91 Å². The molecule has 5 nitrogen and oxygen atoms in total. The van der Waals surface area contributed by atoms with Gasteiger partial charge in [0.05, 0.1) is 10.6 Å². The summed E-state index contributed by atoms with van der Waals surface area (Å²) in [4.78, 5) is 19.1. The fourth-order valence-electron chi connectivity index (χ4n) is 3.31. The molecule has 3 aromatic rings. The Morgan fingerprint density at radius 2 is 2.23 bits per heavy atom. The van der Waals surface area contributed by atoms with Gasteiger partial charge in [0, 0.05) is 30.5 Å². The molecule has 4 rings (SSSR count). The van der Waals surface area contributed by atoms with E-state index in [1.54, 1.807) is 23.5 Å². The largest absolute Gasteiger partial charge is 0.339 e. The van der Waals surface area contributed by atoms with Crippen molar-refractivity contribution in [1.29, 1.82) is 0 Å². The van der Waals surface area contributed by atoms with Gasteiger partial charge in [-0.05, 0) is 42.3 Å². The average molecular weight is 388 g/mol. The average Bonchev–Trinajstić information content (AvgIpc) is 3.33. The number of hydrogen-bond acceptors (Lipinski definition) is 5. The fourth-order valence-corrected chi connectivity index (χ4v) is 4.17. The predicted octanol–water partition coefficient (Wildman–Crippen LogP) is 4.55. The maximum absolute atomic E-state index is 12.8. The standard InChI is InChI=1S/C19H18ClN3O2S/c20-16-6-2-1-5-15(16)19(24)23-8-3-4-13(11-23)10-17-21-18(22-25-17)14-7-9-26-12-14/h1-2,5-7,9,12-13H,3-4,8,10-11H2/t13-/m0/s1. The first-order valence-electron chi connectivity index (χ1n) is 8.59. The van der Waals surface area contributed by atoms with Crippen LogP contribution in [-0.2, 0) is 6.42 Å². The zero-order chi connectivity index (χ0) is 17.9. The van der Waals surface area contributed by atoms with Crippen molar-refractivity contribution in [3.8, 4) is 11.4 Å². The maximum atomic E-state index is 12.8. The van der Waals surface area contributed by atoms with E-state index < -0.39 is 0 Å². The monoisotopic (exact) mass is 387 g/mol. The topological polar surface area (TPSA) is 59.2 Å². The van der Waals surface area contributed by atoms with Crippen LogP contribution in [0.5, 0.6) is 0 Å². The summed E-state index contributed by atoms with van der Waals surface area (Å²) in [5.41, 5.74) is 1.54. The van der Waals surface area contributed by atoms with Crippen molar-refractivity contribution >= 4 is 28.8 Å². The zero-order valence-electron chi connectivity index (χ0n) is 14.1. The zero-order valence-corrected chi connectivity index (χ0v) is 15.7. The van der Waals surface area contributed by atoms with E-state index in [0.29, 0.717) is 41.2 Å². The molecule has 1 saturated heterocycles. The smallest absolute Gasteiger partial charge is 0.255 e. The molecule has 1 amide bonds. The Bertz CT molecular complexity index is 894. The van der Waals surface area contributed by atoms with Crippen LogP contribution in [0.2, 0.25) is 5.02 Å². The number of amides is 1. The van der Waals surface area contributed by atoms with E-state index in [9.17, 15) is 4.79 Å². The highest BCUT2D eigenvalue weighted by Crippen LogP contribution is 2.25. The third kappa shape index (κ3) is 3.66. The molecule has 1 atom stereocenters. The number of aromatic nitrogens is 2. The van der Waals surface area contributed by atoms with Gasteiger partial charge in [-0.25, -0.2) is 0 Å². The van der Waals surface area contributed by atoms with Crippen LogP contribution in [0, 0.1) is 5.92 Å². The van der Waals surface area contributed by atoms with E-state index >= 15 is 0 Å². The lowest BCUT2D eigenvalue weighted by Gasteiger charge is -2.32. The number of carbonyl (C=O) groups excluding carboxylic acids is 1. The number of nitrogens with zero attached hydrogens (tertiary/aromatic N) is 3. The molecule has 0 bridgehead atoms. The summed E-state index contributed by atoms with van der Waals surface area (Å²) in [6, 6.07) is 9.17. The fraction of sp³-hybridized carbons (Fsp3) is 0.316. The van der Waals surface area contributed by atoms with Gasteiger partial charge >= 0.3 is 0 Å². The van der Waals surface area contributed by atoms with Crippen LogP contribution in [0.4, 0.5) is 0 Å². The summed E-state index contributed by atoms with van der Waals surface area (Å²) in [6.45, 7) is 1.44. The molecule has 1 aromatic carbocycles. The van der Waals surface area contributed by atoms with Gasteiger partial charge in [0.25, 0.3) is 5.91 Å². The molecule has 0 N–H and O–H groups in total. The summed E-state index contributed by atoms with van der Waals surface area (Å²) in [5, 5.41) is 8.55. The second-order valence-corrected chi connectivity index (χ2v) is 7.65. The highest BCUT2D eigenvalue weighted by Gasteiger charge is 2.27. The van der Waals surface area contributed by atoms with E-state index in [1.807, 2.05) is 33.9 Å². The van der Waals surface area contributed by atoms with Gasteiger partial charge in [0.15, 0.2) is 0 Å². The first-order valence-corrected chi connectivity index (χ1v) is 9.92. The molecule has 0 spiro atoms. The minimum atomic E-state index is -0.00945. The quantitative estimate of drug-likeness (QED) is 0.659. The number of thiophene rings is 1. The molecule has 1 aliphatic rings.